The highest BCUT2D eigenvalue weighted by molar-refractivity contribution is 6.07. The molecule has 6 heteroatoms. The van der Waals surface area contributed by atoms with Gasteiger partial charge in [-0.1, -0.05) is 18.2 Å². The third kappa shape index (κ3) is 2.59. The lowest BCUT2D eigenvalue weighted by molar-refractivity contribution is -0.163. The quantitative estimate of drug-likeness (QED) is 0.903. The second-order valence-corrected chi connectivity index (χ2v) is 6.01. The molecule has 1 aliphatic rings. The number of hydrogen-bond acceptors (Lipinski definition) is 3. The zero-order valence-corrected chi connectivity index (χ0v) is 13.0. The fourth-order valence-electron chi connectivity index (χ4n) is 3.23. The van der Waals surface area contributed by atoms with Crippen molar-refractivity contribution in [1.29, 1.82) is 0 Å². The van der Waals surface area contributed by atoms with Crippen LogP contribution < -0.4 is 0 Å². The molecular formula is C17H20N2O4. The molecule has 0 aliphatic carbocycles. The van der Waals surface area contributed by atoms with Crippen molar-refractivity contribution in [2.45, 2.75) is 31.9 Å². The van der Waals surface area contributed by atoms with Crippen LogP contribution in [0.5, 0.6) is 0 Å². The number of aliphatic hydroxyl groups is 1. The number of carboxylic acid groups (broad SMARTS) is 1. The lowest BCUT2D eigenvalue weighted by Crippen LogP contribution is -2.54. The number of aromatic nitrogens is 1. The number of likely N-dealkylation sites (tertiary alicyclic amines) is 1. The third-order valence-electron chi connectivity index (χ3n) is 4.52. The minimum atomic E-state index is -1.85. The molecule has 23 heavy (non-hydrogen) atoms. The topological polar surface area (TPSA) is 82.8 Å². The average molecular weight is 316 g/mol. The van der Waals surface area contributed by atoms with E-state index in [4.69, 9.17) is 0 Å². The summed E-state index contributed by atoms with van der Waals surface area (Å²) >= 11 is 0. The number of piperidine rings is 1. The molecule has 1 unspecified atom stereocenters. The van der Waals surface area contributed by atoms with Gasteiger partial charge in [-0.05, 0) is 25.8 Å². The second kappa shape index (κ2) is 5.70. The number of benzene rings is 1. The second-order valence-electron chi connectivity index (χ2n) is 6.01. The molecule has 122 valence electrons. The molecule has 0 bridgehead atoms. The molecular weight excluding hydrogens is 296 g/mol. The number of rotatable bonds is 3. The molecule has 0 radical (unpaired) electrons. The van der Waals surface area contributed by atoms with Gasteiger partial charge in [0.1, 0.15) is 0 Å². The van der Waals surface area contributed by atoms with Crippen molar-refractivity contribution >= 4 is 22.8 Å². The number of carbonyl (C=O) groups is 2. The first-order chi connectivity index (χ1) is 11.0. The predicted molar refractivity (Wildman–Crippen MR) is 85.3 cm³/mol. The summed E-state index contributed by atoms with van der Waals surface area (Å²) in [6.07, 6.45) is 2.45. The van der Waals surface area contributed by atoms with Crippen LogP contribution >= 0.6 is 0 Å². The summed E-state index contributed by atoms with van der Waals surface area (Å²) in [4.78, 5) is 25.6. The Kier molecular flexibility index (Phi) is 3.85. The number of β-amino-alcohol motifs (C(OH)–C–C–N with tert-alkyl or cyclic N) is 1. The van der Waals surface area contributed by atoms with Gasteiger partial charge in [0.2, 0.25) is 0 Å². The molecule has 1 saturated heterocycles. The van der Waals surface area contributed by atoms with Gasteiger partial charge in [0.05, 0.1) is 12.1 Å². The van der Waals surface area contributed by atoms with Gasteiger partial charge in [0.25, 0.3) is 5.91 Å². The maximum absolute atomic E-state index is 12.9. The molecule has 1 aliphatic heterocycles. The van der Waals surface area contributed by atoms with Crippen LogP contribution in [-0.2, 0) is 11.3 Å². The van der Waals surface area contributed by atoms with E-state index in [2.05, 4.69) is 0 Å². The Morgan fingerprint density at radius 2 is 2.04 bits per heavy atom. The van der Waals surface area contributed by atoms with Gasteiger partial charge in [0, 0.05) is 30.2 Å². The lowest BCUT2D eigenvalue weighted by atomic mass is 9.92. The van der Waals surface area contributed by atoms with E-state index in [-0.39, 0.29) is 18.9 Å². The van der Waals surface area contributed by atoms with Crippen LogP contribution in [0.3, 0.4) is 0 Å². The zero-order valence-electron chi connectivity index (χ0n) is 13.0. The van der Waals surface area contributed by atoms with Crippen LogP contribution in [0.15, 0.2) is 30.5 Å². The molecule has 2 N–H and O–H groups in total. The number of hydrogen-bond donors (Lipinski definition) is 2. The number of carbonyl (C=O) groups excluding carboxylic acids is 1. The van der Waals surface area contributed by atoms with Crippen molar-refractivity contribution in [3.8, 4) is 0 Å². The molecule has 2 heterocycles. The Hall–Kier alpha value is -2.34. The summed E-state index contributed by atoms with van der Waals surface area (Å²) in [5.74, 6) is -1.50. The Labute approximate surface area is 133 Å². The van der Waals surface area contributed by atoms with Crippen LogP contribution in [0, 0.1) is 0 Å². The van der Waals surface area contributed by atoms with Crippen LogP contribution in [0.1, 0.15) is 30.1 Å². The summed E-state index contributed by atoms with van der Waals surface area (Å²) in [6, 6.07) is 7.65. The minimum absolute atomic E-state index is 0.169. The maximum Gasteiger partial charge on any atom is 0.337 e. The van der Waals surface area contributed by atoms with E-state index in [1.54, 1.807) is 6.20 Å². The lowest BCUT2D eigenvalue weighted by Gasteiger charge is -2.36. The number of amides is 1. The summed E-state index contributed by atoms with van der Waals surface area (Å²) in [6.45, 7) is 3.03. The summed E-state index contributed by atoms with van der Waals surface area (Å²) in [5.41, 5.74) is -0.322. The molecule has 0 saturated carbocycles. The van der Waals surface area contributed by atoms with Crippen LogP contribution in [0.25, 0.3) is 10.9 Å². The largest absolute Gasteiger partial charge is 0.479 e. The number of aryl methyl sites for hydroxylation is 1. The van der Waals surface area contributed by atoms with Gasteiger partial charge >= 0.3 is 5.97 Å². The van der Waals surface area contributed by atoms with Gasteiger partial charge in [-0.15, -0.1) is 0 Å². The number of carboxylic acids is 1. The number of aliphatic carboxylic acids is 1. The highest BCUT2D eigenvalue weighted by Crippen LogP contribution is 2.27. The first-order valence-corrected chi connectivity index (χ1v) is 7.79. The normalized spacial score (nSPS) is 21.6. The van der Waals surface area contributed by atoms with E-state index in [9.17, 15) is 19.8 Å². The van der Waals surface area contributed by atoms with Crippen LogP contribution in [-0.4, -0.2) is 50.2 Å². The van der Waals surface area contributed by atoms with Crippen molar-refractivity contribution in [1.82, 2.24) is 9.47 Å². The van der Waals surface area contributed by atoms with E-state index < -0.39 is 11.6 Å². The van der Waals surface area contributed by atoms with Crippen LogP contribution in [0.2, 0.25) is 0 Å². The number of para-hydroxylation sites is 1. The summed E-state index contributed by atoms with van der Waals surface area (Å²) < 4.78 is 2.00. The molecule has 3 rings (SSSR count). The zero-order chi connectivity index (χ0) is 16.6. The van der Waals surface area contributed by atoms with Crippen molar-refractivity contribution in [2.24, 2.45) is 0 Å². The van der Waals surface area contributed by atoms with Gasteiger partial charge in [-0.25, -0.2) is 4.79 Å². The van der Waals surface area contributed by atoms with Crippen LogP contribution in [0.4, 0.5) is 0 Å². The van der Waals surface area contributed by atoms with E-state index in [1.807, 2.05) is 35.8 Å². The molecule has 1 atom stereocenters. The molecule has 0 spiro atoms. The monoisotopic (exact) mass is 316 g/mol. The minimum Gasteiger partial charge on any atom is -0.479 e. The summed E-state index contributed by atoms with van der Waals surface area (Å²) in [7, 11) is 0. The molecule has 6 nitrogen and oxygen atoms in total. The predicted octanol–water partition coefficient (Wildman–Crippen LogP) is 1.71. The Bertz CT molecular complexity index is 767. The summed E-state index contributed by atoms with van der Waals surface area (Å²) in [5, 5.41) is 20.2. The number of fused-ring (bicyclic) bond motifs is 1. The molecule has 1 aromatic carbocycles. The molecule has 1 fully saturated rings. The first-order valence-electron chi connectivity index (χ1n) is 7.79. The standard InChI is InChI=1S/C17H20N2O4/c1-2-18-10-13(12-6-3-4-7-14(12)18)15(20)19-9-5-8-17(23,11-19)16(21)22/h3-4,6-7,10,23H,2,5,8-9,11H2,1H3,(H,21,22). The molecule has 2 aromatic rings. The Balaban J connectivity index is 1.96. The Morgan fingerprint density at radius 1 is 1.30 bits per heavy atom. The van der Waals surface area contributed by atoms with Crippen molar-refractivity contribution in [3.05, 3.63) is 36.0 Å². The fraction of sp³-hybridized carbons (Fsp3) is 0.412. The van der Waals surface area contributed by atoms with E-state index in [0.29, 0.717) is 18.5 Å². The number of nitrogens with zero attached hydrogens (tertiary/aromatic N) is 2. The van der Waals surface area contributed by atoms with Gasteiger partial charge in [0.15, 0.2) is 5.60 Å². The van der Waals surface area contributed by atoms with Crippen molar-refractivity contribution in [3.63, 3.8) is 0 Å². The van der Waals surface area contributed by atoms with E-state index in [0.717, 1.165) is 17.4 Å². The Morgan fingerprint density at radius 3 is 2.74 bits per heavy atom. The van der Waals surface area contributed by atoms with Gasteiger partial charge in [-0.2, -0.15) is 0 Å². The van der Waals surface area contributed by atoms with Crippen molar-refractivity contribution < 1.29 is 19.8 Å². The maximum atomic E-state index is 12.9. The van der Waals surface area contributed by atoms with E-state index >= 15 is 0 Å². The highest BCUT2D eigenvalue weighted by atomic mass is 16.4. The molecule has 1 amide bonds. The highest BCUT2D eigenvalue weighted by Gasteiger charge is 2.42. The van der Waals surface area contributed by atoms with Crippen molar-refractivity contribution in [2.75, 3.05) is 13.1 Å². The average Bonchev–Trinajstić information content (AvgIpc) is 2.93. The smallest absolute Gasteiger partial charge is 0.337 e. The van der Waals surface area contributed by atoms with Gasteiger partial charge < -0.3 is 19.7 Å². The SMILES string of the molecule is CCn1cc(C(=O)N2CCCC(O)(C(=O)O)C2)c2ccccc21. The fourth-order valence-corrected chi connectivity index (χ4v) is 3.23. The third-order valence-corrected chi connectivity index (χ3v) is 4.52. The van der Waals surface area contributed by atoms with Gasteiger partial charge in [-0.3, -0.25) is 4.79 Å². The van der Waals surface area contributed by atoms with E-state index in [1.165, 1.54) is 4.90 Å². The molecule has 1 aromatic heterocycles. The first kappa shape index (κ1) is 15.6.